The van der Waals surface area contributed by atoms with Crippen LogP contribution in [0, 0.1) is 0 Å². The third-order valence-corrected chi connectivity index (χ3v) is 4.32. The Balaban J connectivity index is 1.54. The Morgan fingerprint density at radius 3 is 2.77 bits per heavy atom. The molecule has 0 radical (unpaired) electrons. The third-order valence-electron chi connectivity index (χ3n) is 4.32. The second-order valence-electron chi connectivity index (χ2n) is 6.34. The van der Waals surface area contributed by atoms with E-state index in [0.717, 1.165) is 30.3 Å². The summed E-state index contributed by atoms with van der Waals surface area (Å²) >= 11 is 0. The van der Waals surface area contributed by atoms with E-state index >= 15 is 0 Å². The van der Waals surface area contributed by atoms with Crippen LogP contribution in [0.25, 0.3) is 10.9 Å². The molecule has 2 heterocycles. The van der Waals surface area contributed by atoms with Gasteiger partial charge in [0.25, 0.3) is 0 Å². The lowest BCUT2D eigenvalue weighted by Crippen LogP contribution is -2.38. The number of nitrogens with one attached hydrogen (secondary N) is 3. The van der Waals surface area contributed by atoms with Gasteiger partial charge in [0.1, 0.15) is 5.82 Å². The number of benzene rings is 1. The average Bonchev–Trinajstić information content (AvgIpc) is 3.08. The molecule has 0 atom stereocenters. The fourth-order valence-corrected chi connectivity index (χ4v) is 3.02. The quantitative estimate of drug-likeness (QED) is 0.472. The number of hydrogen-bond donors (Lipinski definition) is 3. The van der Waals surface area contributed by atoms with E-state index in [1.807, 2.05) is 37.3 Å². The van der Waals surface area contributed by atoms with Crippen LogP contribution in [0.4, 0.5) is 5.82 Å². The fraction of sp³-hybridized carbons (Fsp3) is 0.300. The van der Waals surface area contributed by atoms with Crippen LogP contribution >= 0.6 is 0 Å². The van der Waals surface area contributed by atoms with Crippen molar-refractivity contribution in [1.82, 2.24) is 20.6 Å². The van der Waals surface area contributed by atoms with Crippen LogP contribution in [-0.2, 0) is 13.0 Å². The molecule has 0 unspecified atom stereocenters. The molecule has 0 aliphatic heterocycles. The molecule has 3 N–H and O–H groups in total. The van der Waals surface area contributed by atoms with E-state index in [1.54, 1.807) is 7.05 Å². The SMILES string of the molecule is CN=C(NCCc1c[nH]c2ccccc12)NCc1cccnc1N(C)C. The molecule has 136 valence electrons. The van der Waals surface area contributed by atoms with Gasteiger partial charge in [0.05, 0.1) is 0 Å². The first-order chi connectivity index (χ1) is 12.7. The number of aliphatic imine (C=N–C) groups is 1. The van der Waals surface area contributed by atoms with E-state index in [0.29, 0.717) is 6.54 Å². The predicted molar refractivity (Wildman–Crippen MR) is 109 cm³/mol. The predicted octanol–water partition coefficient (Wildman–Crippen LogP) is 2.54. The van der Waals surface area contributed by atoms with Gasteiger partial charge in [-0.3, -0.25) is 4.99 Å². The summed E-state index contributed by atoms with van der Waals surface area (Å²) in [5, 5.41) is 8.03. The fourth-order valence-electron chi connectivity index (χ4n) is 3.02. The zero-order valence-electron chi connectivity index (χ0n) is 15.6. The molecule has 0 bridgehead atoms. The number of aromatic nitrogens is 2. The highest BCUT2D eigenvalue weighted by Crippen LogP contribution is 2.17. The first kappa shape index (κ1) is 17.8. The number of H-pyrrole nitrogens is 1. The van der Waals surface area contributed by atoms with Gasteiger partial charge in [-0.2, -0.15) is 0 Å². The van der Waals surface area contributed by atoms with Crippen LogP contribution in [0.15, 0.2) is 53.8 Å². The Kier molecular flexibility index (Phi) is 5.73. The van der Waals surface area contributed by atoms with E-state index < -0.39 is 0 Å². The molecule has 0 spiro atoms. The number of anilines is 1. The van der Waals surface area contributed by atoms with Crippen LogP contribution in [0.5, 0.6) is 0 Å². The van der Waals surface area contributed by atoms with Crippen molar-refractivity contribution in [3.05, 3.63) is 59.9 Å². The summed E-state index contributed by atoms with van der Waals surface area (Å²) in [6.07, 6.45) is 4.83. The van der Waals surface area contributed by atoms with Crippen molar-refractivity contribution in [2.24, 2.45) is 4.99 Å². The highest BCUT2D eigenvalue weighted by Gasteiger charge is 2.07. The first-order valence-electron chi connectivity index (χ1n) is 8.79. The van der Waals surface area contributed by atoms with Gasteiger partial charge in [-0.1, -0.05) is 24.3 Å². The molecule has 1 aromatic carbocycles. The Hall–Kier alpha value is -3.02. The van der Waals surface area contributed by atoms with Crippen molar-refractivity contribution in [3.8, 4) is 0 Å². The summed E-state index contributed by atoms with van der Waals surface area (Å²) in [6, 6.07) is 12.4. The molecule has 0 saturated heterocycles. The highest BCUT2D eigenvalue weighted by molar-refractivity contribution is 5.83. The van der Waals surface area contributed by atoms with Gasteiger partial charge >= 0.3 is 0 Å². The summed E-state index contributed by atoms with van der Waals surface area (Å²) in [5.74, 6) is 1.76. The third kappa shape index (κ3) is 4.14. The molecule has 0 aliphatic rings. The standard InChI is InChI=1S/C20H26N6/c1-21-20(25-14-16-7-6-11-22-19(16)26(2)3)23-12-10-15-13-24-18-9-5-4-8-17(15)18/h4-9,11,13,24H,10,12,14H2,1-3H3,(H2,21,23,25). The normalized spacial score (nSPS) is 11.6. The van der Waals surface area contributed by atoms with Gasteiger partial charge in [0, 0.05) is 63.1 Å². The lowest BCUT2D eigenvalue weighted by atomic mass is 10.1. The lowest BCUT2D eigenvalue weighted by molar-refractivity contribution is 0.793. The summed E-state index contributed by atoms with van der Waals surface area (Å²) in [5.41, 5.74) is 3.63. The second-order valence-corrected chi connectivity index (χ2v) is 6.34. The van der Waals surface area contributed by atoms with E-state index in [1.165, 1.54) is 16.5 Å². The summed E-state index contributed by atoms with van der Waals surface area (Å²) in [6.45, 7) is 1.49. The number of aromatic amines is 1. The van der Waals surface area contributed by atoms with E-state index in [9.17, 15) is 0 Å². The van der Waals surface area contributed by atoms with Crippen molar-refractivity contribution in [3.63, 3.8) is 0 Å². The van der Waals surface area contributed by atoms with Gasteiger partial charge in [0.15, 0.2) is 5.96 Å². The van der Waals surface area contributed by atoms with Crippen molar-refractivity contribution >= 4 is 22.7 Å². The Labute approximate surface area is 154 Å². The molecular weight excluding hydrogens is 324 g/mol. The number of nitrogens with zero attached hydrogens (tertiary/aromatic N) is 3. The topological polar surface area (TPSA) is 68.3 Å². The first-order valence-corrected chi connectivity index (χ1v) is 8.79. The molecule has 0 aliphatic carbocycles. The summed E-state index contributed by atoms with van der Waals surface area (Å²) in [7, 11) is 5.79. The van der Waals surface area contributed by atoms with Crippen molar-refractivity contribution in [2.75, 3.05) is 32.6 Å². The molecule has 0 amide bonds. The smallest absolute Gasteiger partial charge is 0.191 e. The molecular formula is C20H26N6. The minimum atomic E-state index is 0.675. The van der Waals surface area contributed by atoms with Gasteiger partial charge in [0.2, 0.25) is 0 Å². The van der Waals surface area contributed by atoms with Gasteiger partial charge in [-0.05, 0) is 24.1 Å². The maximum absolute atomic E-state index is 4.43. The summed E-state index contributed by atoms with van der Waals surface area (Å²) < 4.78 is 0. The number of fused-ring (bicyclic) bond motifs is 1. The Bertz CT molecular complexity index is 881. The van der Waals surface area contributed by atoms with Crippen LogP contribution in [0.2, 0.25) is 0 Å². The zero-order valence-corrected chi connectivity index (χ0v) is 15.6. The molecule has 26 heavy (non-hydrogen) atoms. The monoisotopic (exact) mass is 350 g/mol. The maximum Gasteiger partial charge on any atom is 0.191 e. The van der Waals surface area contributed by atoms with Crippen LogP contribution in [0.1, 0.15) is 11.1 Å². The molecule has 0 saturated carbocycles. The van der Waals surface area contributed by atoms with Gasteiger partial charge in [-0.25, -0.2) is 4.98 Å². The average molecular weight is 350 g/mol. The van der Waals surface area contributed by atoms with Gasteiger partial charge < -0.3 is 20.5 Å². The van der Waals surface area contributed by atoms with E-state index in [2.05, 4.69) is 56.1 Å². The molecule has 0 fully saturated rings. The number of pyridine rings is 1. The molecule has 6 heteroatoms. The molecule has 6 nitrogen and oxygen atoms in total. The highest BCUT2D eigenvalue weighted by atomic mass is 15.2. The summed E-state index contributed by atoms with van der Waals surface area (Å²) in [4.78, 5) is 14.1. The van der Waals surface area contributed by atoms with Crippen LogP contribution < -0.4 is 15.5 Å². The number of para-hydroxylation sites is 1. The minimum Gasteiger partial charge on any atom is -0.362 e. The molecule has 2 aromatic heterocycles. The van der Waals surface area contributed by atoms with Crippen LogP contribution in [-0.4, -0.2) is 43.6 Å². The van der Waals surface area contributed by atoms with Crippen molar-refractivity contribution in [1.29, 1.82) is 0 Å². The van der Waals surface area contributed by atoms with Crippen molar-refractivity contribution < 1.29 is 0 Å². The number of hydrogen-bond acceptors (Lipinski definition) is 3. The zero-order chi connectivity index (χ0) is 18.4. The second kappa shape index (κ2) is 8.38. The maximum atomic E-state index is 4.43. The Morgan fingerprint density at radius 2 is 1.96 bits per heavy atom. The van der Waals surface area contributed by atoms with Gasteiger partial charge in [-0.15, -0.1) is 0 Å². The van der Waals surface area contributed by atoms with Crippen LogP contribution in [0.3, 0.4) is 0 Å². The number of guanidine groups is 1. The minimum absolute atomic E-state index is 0.675. The molecule has 3 rings (SSSR count). The lowest BCUT2D eigenvalue weighted by Gasteiger charge is -2.17. The van der Waals surface area contributed by atoms with E-state index in [4.69, 9.17) is 0 Å². The largest absolute Gasteiger partial charge is 0.362 e. The molecule has 3 aromatic rings. The number of rotatable bonds is 6. The van der Waals surface area contributed by atoms with E-state index in [-0.39, 0.29) is 0 Å². The Morgan fingerprint density at radius 1 is 1.12 bits per heavy atom. The van der Waals surface area contributed by atoms with Crippen molar-refractivity contribution in [2.45, 2.75) is 13.0 Å².